The average Bonchev–Trinajstić information content (AvgIpc) is 2.94. The zero-order chi connectivity index (χ0) is 15.2. The van der Waals surface area contributed by atoms with Gasteiger partial charge in [-0.05, 0) is 31.8 Å². The number of rotatable bonds is 6. The Morgan fingerprint density at radius 1 is 1.38 bits per heavy atom. The number of amides is 1. The van der Waals surface area contributed by atoms with Gasteiger partial charge in [0.15, 0.2) is 0 Å². The number of nitrogens with one attached hydrogen (secondary N) is 2. The highest BCUT2D eigenvalue weighted by atomic mass is 19.1. The maximum absolute atomic E-state index is 13.0. The quantitative estimate of drug-likeness (QED) is 0.848. The number of hydrogen-bond acceptors (Lipinski definition) is 3. The highest BCUT2D eigenvalue weighted by molar-refractivity contribution is 5.83. The van der Waals surface area contributed by atoms with Gasteiger partial charge in [-0.3, -0.25) is 9.69 Å². The summed E-state index contributed by atoms with van der Waals surface area (Å²) in [6.45, 7) is 0.498. The smallest absolute Gasteiger partial charge is 0.241 e. The van der Waals surface area contributed by atoms with Crippen molar-refractivity contribution >= 4 is 5.91 Å². The van der Waals surface area contributed by atoms with Gasteiger partial charge in [-0.1, -0.05) is 12.1 Å². The van der Waals surface area contributed by atoms with Gasteiger partial charge in [-0.25, -0.2) is 9.37 Å². The van der Waals surface area contributed by atoms with Crippen molar-refractivity contribution in [3.05, 3.63) is 53.9 Å². The number of likely N-dealkylation sites (N-methyl/N-ethyl adjacent to an activating group) is 1. The fourth-order valence-corrected chi connectivity index (χ4v) is 2.16. The van der Waals surface area contributed by atoms with Gasteiger partial charge in [0.05, 0.1) is 0 Å². The largest absolute Gasteiger partial charge is 0.354 e. The molecule has 0 saturated heterocycles. The van der Waals surface area contributed by atoms with Crippen molar-refractivity contribution in [3.8, 4) is 0 Å². The molecule has 21 heavy (non-hydrogen) atoms. The molecule has 1 heterocycles. The van der Waals surface area contributed by atoms with Crippen LogP contribution in [-0.4, -0.2) is 41.4 Å². The number of carbonyl (C=O) groups is 1. The number of carbonyl (C=O) groups excluding carboxylic acids is 1. The fourth-order valence-electron chi connectivity index (χ4n) is 2.16. The van der Waals surface area contributed by atoms with E-state index >= 15 is 0 Å². The van der Waals surface area contributed by atoms with Crippen molar-refractivity contribution in [1.82, 2.24) is 20.2 Å². The summed E-state index contributed by atoms with van der Waals surface area (Å²) >= 11 is 0. The van der Waals surface area contributed by atoms with E-state index in [1.54, 1.807) is 29.4 Å². The molecule has 0 aliphatic carbocycles. The summed E-state index contributed by atoms with van der Waals surface area (Å²) in [5.41, 5.74) is 0.761. The summed E-state index contributed by atoms with van der Waals surface area (Å²) < 4.78 is 13.0. The molecule has 6 heteroatoms. The summed E-state index contributed by atoms with van der Waals surface area (Å²) in [5, 5.41) is 2.88. The zero-order valence-corrected chi connectivity index (χ0v) is 12.1. The molecule has 2 aromatic rings. The second-order valence-electron chi connectivity index (χ2n) is 4.99. The predicted octanol–water partition coefficient (Wildman–Crippen LogP) is 1.51. The number of hydrogen-bond donors (Lipinski definition) is 2. The van der Waals surface area contributed by atoms with Crippen LogP contribution in [0.25, 0.3) is 0 Å². The molecule has 0 unspecified atom stereocenters. The molecule has 0 aliphatic rings. The Balaban J connectivity index is 1.97. The van der Waals surface area contributed by atoms with E-state index in [0.717, 1.165) is 11.4 Å². The third kappa shape index (κ3) is 4.13. The average molecular weight is 290 g/mol. The molecule has 0 fully saturated rings. The van der Waals surface area contributed by atoms with Gasteiger partial charge in [0.1, 0.15) is 17.7 Å². The maximum atomic E-state index is 13.0. The van der Waals surface area contributed by atoms with Crippen LogP contribution < -0.4 is 5.32 Å². The lowest BCUT2D eigenvalue weighted by atomic mass is 10.1. The molecular weight excluding hydrogens is 271 g/mol. The molecule has 1 amide bonds. The van der Waals surface area contributed by atoms with E-state index in [4.69, 9.17) is 0 Å². The topological polar surface area (TPSA) is 61.0 Å². The molecule has 0 spiro atoms. The number of aromatic amines is 1. The molecule has 0 saturated carbocycles. The Bertz CT molecular complexity index is 566. The Labute approximate surface area is 123 Å². The number of H-pyrrole nitrogens is 1. The lowest BCUT2D eigenvalue weighted by Crippen LogP contribution is -2.38. The van der Waals surface area contributed by atoms with Gasteiger partial charge in [-0.2, -0.15) is 0 Å². The molecule has 1 atom stereocenters. The normalized spacial score (nSPS) is 12.4. The van der Waals surface area contributed by atoms with Crippen LogP contribution in [0.5, 0.6) is 0 Å². The monoisotopic (exact) mass is 290 g/mol. The standard InChI is InChI=1S/C15H19FN4O/c1-20(2)14(11-3-5-12(16)6-4-11)15(21)19-8-7-13-17-9-10-18-13/h3-6,9-10,14H,7-8H2,1-2H3,(H,17,18)(H,19,21)/t14-/m1/s1. The molecule has 1 aromatic heterocycles. The fraction of sp³-hybridized carbons (Fsp3) is 0.333. The van der Waals surface area contributed by atoms with Crippen LogP contribution in [-0.2, 0) is 11.2 Å². The summed E-state index contributed by atoms with van der Waals surface area (Å²) in [4.78, 5) is 21.2. The minimum Gasteiger partial charge on any atom is -0.354 e. The Kier molecular flexibility index (Phi) is 5.05. The summed E-state index contributed by atoms with van der Waals surface area (Å²) in [7, 11) is 3.64. The molecule has 2 rings (SSSR count). The number of aromatic nitrogens is 2. The van der Waals surface area contributed by atoms with Gasteiger partial charge < -0.3 is 10.3 Å². The van der Waals surface area contributed by atoms with E-state index in [9.17, 15) is 9.18 Å². The number of imidazole rings is 1. The van der Waals surface area contributed by atoms with E-state index in [1.165, 1.54) is 12.1 Å². The predicted molar refractivity (Wildman–Crippen MR) is 78.1 cm³/mol. The van der Waals surface area contributed by atoms with E-state index in [0.29, 0.717) is 13.0 Å². The SMILES string of the molecule is CN(C)[C@@H](C(=O)NCCc1ncc[nH]1)c1ccc(F)cc1. The third-order valence-corrected chi connectivity index (χ3v) is 3.17. The van der Waals surface area contributed by atoms with E-state index < -0.39 is 6.04 Å². The third-order valence-electron chi connectivity index (χ3n) is 3.17. The van der Waals surface area contributed by atoms with E-state index in [-0.39, 0.29) is 11.7 Å². The number of halogens is 1. The van der Waals surface area contributed by atoms with Crippen molar-refractivity contribution in [2.24, 2.45) is 0 Å². The van der Waals surface area contributed by atoms with Gasteiger partial charge in [0.25, 0.3) is 0 Å². The first kappa shape index (κ1) is 15.2. The second-order valence-corrected chi connectivity index (χ2v) is 4.99. The lowest BCUT2D eigenvalue weighted by molar-refractivity contribution is -0.125. The second kappa shape index (κ2) is 6.99. The highest BCUT2D eigenvalue weighted by Gasteiger charge is 2.22. The van der Waals surface area contributed by atoms with Gasteiger partial charge in [0.2, 0.25) is 5.91 Å². The molecule has 0 bridgehead atoms. The van der Waals surface area contributed by atoms with Crippen LogP contribution >= 0.6 is 0 Å². The van der Waals surface area contributed by atoms with Crippen molar-refractivity contribution in [1.29, 1.82) is 0 Å². The Hall–Kier alpha value is -2.21. The van der Waals surface area contributed by atoms with Gasteiger partial charge >= 0.3 is 0 Å². The van der Waals surface area contributed by atoms with Gasteiger partial charge in [0, 0.05) is 25.4 Å². The van der Waals surface area contributed by atoms with Crippen LogP contribution in [0, 0.1) is 5.82 Å². The molecular formula is C15H19FN4O. The van der Waals surface area contributed by atoms with Crippen molar-refractivity contribution in [2.75, 3.05) is 20.6 Å². The minimum atomic E-state index is -0.442. The first-order valence-electron chi connectivity index (χ1n) is 6.76. The maximum Gasteiger partial charge on any atom is 0.241 e. The molecule has 1 aromatic carbocycles. The van der Waals surface area contributed by atoms with Crippen molar-refractivity contribution in [3.63, 3.8) is 0 Å². The van der Waals surface area contributed by atoms with Crippen molar-refractivity contribution < 1.29 is 9.18 Å². The number of nitrogens with zero attached hydrogens (tertiary/aromatic N) is 2. The number of benzene rings is 1. The van der Waals surface area contributed by atoms with Crippen molar-refractivity contribution in [2.45, 2.75) is 12.5 Å². The molecule has 112 valence electrons. The van der Waals surface area contributed by atoms with Crippen LogP contribution in [0.15, 0.2) is 36.7 Å². The van der Waals surface area contributed by atoms with E-state index in [1.807, 2.05) is 14.1 Å². The molecule has 5 nitrogen and oxygen atoms in total. The van der Waals surface area contributed by atoms with Gasteiger partial charge in [-0.15, -0.1) is 0 Å². The summed E-state index contributed by atoms with van der Waals surface area (Å²) in [6, 6.07) is 5.55. The molecule has 2 N–H and O–H groups in total. The first-order valence-corrected chi connectivity index (χ1v) is 6.76. The van der Waals surface area contributed by atoms with Crippen LogP contribution in [0.2, 0.25) is 0 Å². The zero-order valence-electron chi connectivity index (χ0n) is 12.1. The lowest BCUT2D eigenvalue weighted by Gasteiger charge is -2.23. The molecule has 0 radical (unpaired) electrons. The summed E-state index contributed by atoms with van der Waals surface area (Å²) in [5.74, 6) is 0.408. The van der Waals surface area contributed by atoms with Crippen LogP contribution in [0.1, 0.15) is 17.4 Å². The first-order chi connectivity index (χ1) is 10.1. The highest BCUT2D eigenvalue weighted by Crippen LogP contribution is 2.18. The minimum absolute atomic E-state index is 0.113. The van der Waals surface area contributed by atoms with Crippen LogP contribution in [0.4, 0.5) is 4.39 Å². The van der Waals surface area contributed by atoms with Crippen LogP contribution in [0.3, 0.4) is 0 Å². The Morgan fingerprint density at radius 3 is 2.67 bits per heavy atom. The Morgan fingerprint density at radius 2 is 2.10 bits per heavy atom. The van der Waals surface area contributed by atoms with E-state index in [2.05, 4.69) is 15.3 Å². The summed E-state index contributed by atoms with van der Waals surface area (Å²) in [6.07, 6.45) is 4.07. The molecule has 0 aliphatic heterocycles.